The van der Waals surface area contributed by atoms with Crippen LogP contribution in [0, 0.1) is 0 Å². The molecule has 1 aromatic carbocycles. The molecule has 0 aromatic heterocycles. The fourth-order valence-electron chi connectivity index (χ4n) is 1.53. The second-order valence-electron chi connectivity index (χ2n) is 3.61. The lowest BCUT2D eigenvalue weighted by molar-refractivity contribution is 0.344. The number of phenols is 1. The van der Waals surface area contributed by atoms with Crippen LogP contribution in [-0.2, 0) is 0 Å². The third-order valence-electron chi connectivity index (χ3n) is 2.37. The molecule has 80 valence electrons. The van der Waals surface area contributed by atoms with E-state index in [1.54, 1.807) is 24.3 Å². The van der Waals surface area contributed by atoms with Gasteiger partial charge >= 0.3 is 0 Å². The molecule has 0 fully saturated rings. The van der Waals surface area contributed by atoms with Crippen LogP contribution in [0.15, 0.2) is 35.9 Å². The Morgan fingerprint density at radius 3 is 2.73 bits per heavy atom. The van der Waals surface area contributed by atoms with E-state index in [0.717, 1.165) is 25.3 Å². The van der Waals surface area contributed by atoms with Gasteiger partial charge in [0.05, 0.1) is 0 Å². The summed E-state index contributed by atoms with van der Waals surface area (Å²) < 4.78 is 5.58. The molecule has 1 aliphatic rings. The van der Waals surface area contributed by atoms with Crippen molar-refractivity contribution in [3.05, 3.63) is 35.9 Å². The lowest BCUT2D eigenvalue weighted by Crippen LogP contribution is -2.24. The van der Waals surface area contributed by atoms with Crippen molar-refractivity contribution in [2.45, 2.75) is 6.42 Å². The molecule has 0 saturated heterocycles. The van der Waals surface area contributed by atoms with Gasteiger partial charge in [-0.05, 0) is 42.8 Å². The molecule has 2 N–H and O–H groups in total. The standard InChI is InChI=1S/C12H15NO2/c14-11-3-5-12(6-4-11)15-9-10-2-1-7-13-8-10/h2-6,13-14H,1,7-9H2. The van der Waals surface area contributed by atoms with Crippen LogP contribution in [0.3, 0.4) is 0 Å². The second-order valence-corrected chi connectivity index (χ2v) is 3.61. The average molecular weight is 205 g/mol. The zero-order valence-electron chi connectivity index (χ0n) is 8.57. The van der Waals surface area contributed by atoms with E-state index in [0.29, 0.717) is 6.61 Å². The van der Waals surface area contributed by atoms with Crippen molar-refractivity contribution >= 4 is 0 Å². The van der Waals surface area contributed by atoms with Crippen molar-refractivity contribution in [1.82, 2.24) is 5.32 Å². The Kier molecular flexibility index (Phi) is 3.25. The van der Waals surface area contributed by atoms with Crippen LogP contribution >= 0.6 is 0 Å². The lowest BCUT2D eigenvalue weighted by atomic mass is 10.2. The largest absolute Gasteiger partial charge is 0.508 e. The number of benzene rings is 1. The fraction of sp³-hybridized carbons (Fsp3) is 0.333. The van der Waals surface area contributed by atoms with Gasteiger partial charge in [0.15, 0.2) is 0 Å². The summed E-state index contributed by atoms with van der Waals surface area (Å²) in [5.41, 5.74) is 1.29. The Hall–Kier alpha value is -1.48. The molecule has 1 aliphatic heterocycles. The van der Waals surface area contributed by atoms with Gasteiger partial charge in [-0.1, -0.05) is 6.08 Å². The smallest absolute Gasteiger partial charge is 0.120 e. The zero-order chi connectivity index (χ0) is 10.5. The maximum Gasteiger partial charge on any atom is 0.120 e. The average Bonchev–Trinajstić information content (AvgIpc) is 2.30. The Morgan fingerprint density at radius 1 is 1.27 bits per heavy atom. The molecule has 1 heterocycles. The van der Waals surface area contributed by atoms with Crippen LogP contribution in [0.1, 0.15) is 6.42 Å². The number of nitrogens with one attached hydrogen (secondary N) is 1. The molecule has 2 rings (SSSR count). The van der Waals surface area contributed by atoms with Gasteiger partial charge in [0, 0.05) is 6.54 Å². The van der Waals surface area contributed by atoms with E-state index in [1.807, 2.05) is 0 Å². The summed E-state index contributed by atoms with van der Waals surface area (Å²) in [7, 11) is 0. The van der Waals surface area contributed by atoms with Gasteiger partial charge < -0.3 is 15.2 Å². The summed E-state index contributed by atoms with van der Waals surface area (Å²) in [5.74, 6) is 1.06. The number of rotatable bonds is 3. The Morgan fingerprint density at radius 2 is 2.07 bits per heavy atom. The molecular formula is C12H15NO2. The first-order chi connectivity index (χ1) is 7.34. The highest BCUT2D eigenvalue weighted by Crippen LogP contribution is 2.16. The monoisotopic (exact) mass is 205 g/mol. The molecule has 0 radical (unpaired) electrons. The molecule has 3 heteroatoms. The van der Waals surface area contributed by atoms with E-state index in [-0.39, 0.29) is 5.75 Å². The summed E-state index contributed by atoms with van der Waals surface area (Å²) in [5, 5.41) is 12.4. The zero-order valence-corrected chi connectivity index (χ0v) is 8.57. The SMILES string of the molecule is Oc1ccc(OCC2=CCCNC2)cc1. The highest BCUT2D eigenvalue weighted by molar-refractivity contribution is 5.30. The summed E-state index contributed by atoms with van der Waals surface area (Å²) in [4.78, 5) is 0. The van der Waals surface area contributed by atoms with Gasteiger partial charge in [0.2, 0.25) is 0 Å². The van der Waals surface area contributed by atoms with Gasteiger partial charge in [-0.15, -0.1) is 0 Å². The number of ether oxygens (including phenoxy) is 1. The molecular weight excluding hydrogens is 190 g/mol. The van der Waals surface area contributed by atoms with Crippen LogP contribution in [0.5, 0.6) is 11.5 Å². The summed E-state index contributed by atoms with van der Waals surface area (Å²) in [6, 6.07) is 6.80. The van der Waals surface area contributed by atoms with E-state index < -0.39 is 0 Å². The highest BCUT2D eigenvalue weighted by atomic mass is 16.5. The highest BCUT2D eigenvalue weighted by Gasteiger charge is 2.03. The van der Waals surface area contributed by atoms with Crippen molar-refractivity contribution in [3.63, 3.8) is 0 Å². The second kappa shape index (κ2) is 4.84. The Bertz CT molecular complexity index is 343. The lowest BCUT2D eigenvalue weighted by Gasteiger charge is -2.14. The van der Waals surface area contributed by atoms with Gasteiger partial charge in [-0.25, -0.2) is 0 Å². The minimum atomic E-state index is 0.265. The summed E-state index contributed by atoms with van der Waals surface area (Å²) in [6.07, 6.45) is 3.30. The molecule has 0 spiro atoms. The topological polar surface area (TPSA) is 41.5 Å². The first-order valence-corrected chi connectivity index (χ1v) is 5.15. The molecule has 0 aliphatic carbocycles. The van der Waals surface area contributed by atoms with Crippen LogP contribution in [0.4, 0.5) is 0 Å². The molecule has 15 heavy (non-hydrogen) atoms. The van der Waals surface area contributed by atoms with Gasteiger partial charge in [0.1, 0.15) is 18.1 Å². The minimum Gasteiger partial charge on any atom is -0.508 e. The van der Waals surface area contributed by atoms with Gasteiger partial charge in [-0.3, -0.25) is 0 Å². The minimum absolute atomic E-state index is 0.265. The fourth-order valence-corrected chi connectivity index (χ4v) is 1.53. The molecule has 0 bridgehead atoms. The molecule has 3 nitrogen and oxygen atoms in total. The number of hydrogen-bond donors (Lipinski definition) is 2. The molecule has 0 amide bonds. The van der Waals surface area contributed by atoms with E-state index in [4.69, 9.17) is 9.84 Å². The summed E-state index contributed by atoms with van der Waals surface area (Å²) >= 11 is 0. The van der Waals surface area contributed by atoms with E-state index in [2.05, 4.69) is 11.4 Å². The third kappa shape index (κ3) is 2.99. The van der Waals surface area contributed by atoms with Crippen LogP contribution in [-0.4, -0.2) is 24.8 Å². The van der Waals surface area contributed by atoms with Crippen molar-refractivity contribution < 1.29 is 9.84 Å². The van der Waals surface area contributed by atoms with Gasteiger partial charge in [0.25, 0.3) is 0 Å². The van der Waals surface area contributed by atoms with E-state index in [9.17, 15) is 0 Å². The quantitative estimate of drug-likeness (QED) is 0.738. The van der Waals surface area contributed by atoms with E-state index >= 15 is 0 Å². The normalized spacial score (nSPS) is 15.9. The third-order valence-corrected chi connectivity index (χ3v) is 2.37. The van der Waals surface area contributed by atoms with Crippen molar-refractivity contribution in [3.8, 4) is 11.5 Å². The maximum atomic E-state index is 9.10. The molecule has 1 aromatic rings. The van der Waals surface area contributed by atoms with Crippen LogP contribution < -0.4 is 10.1 Å². The number of hydrogen-bond acceptors (Lipinski definition) is 3. The van der Waals surface area contributed by atoms with E-state index in [1.165, 1.54) is 5.57 Å². The summed E-state index contributed by atoms with van der Waals surface area (Å²) in [6.45, 7) is 2.60. The number of aromatic hydroxyl groups is 1. The number of phenolic OH excluding ortho intramolecular Hbond substituents is 1. The van der Waals surface area contributed by atoms with Crippen LogP contribution in [0.2, 0.25) is 0 Å². The first kappa shape index (κ1) is 10.1. The molecule has 0 unspecified atom stereocenters. The predicted molar refractivity (Wildman–Crippen MR) is 59.2 cm³/mol. The first-order valence-electron chi connectivity index (χ1n) is 5.15. The maximum absolute atomic E-state index is 9.10. The van der Waals surface area contributed by atoms with Crippen molar-refractivity contribution in [1.29, 1.82) is 0 Å². The Labute approximate surface area is 89.4 Å². The van der Waals surface area contributed by atoms with Crippen molar-refractivity contribution in [2.75, 3.05) is 19.7 Å². The van der Waals surface area contributed by atoms with Crippen LogP contribution in [0.25, 0.3) is 0 Å². The van der Waals surface area contributed by atoms with Gasteiger partial charge in [-0.2, -0.15) is 0 Å². The Balaban J connectivity index is 1.87. The van der Waals surface area contributed by atoms with Crippen molar-refractivity contribution in [2.24, 2.45) is 0 Å². The molecule has 0 atom stereocenters. The molecule has 0 saturated carbocycles. The predicted octanol–water partition coefficient (Wildman–Crippen LogP) is 1.69.